The second kappa shape index (κ2) is 8.83. The van der Waals surface area contributed by atoms with Crippen LogP contribution >= 0.6 is 0 Å². The molecule has 0 spiro atoms. The molecule has 1 saturated heterocycles. The van der Waals surface area contributed by atoms with E-state index in [1.165, 1.54) is 18.4 Å². The Kier molecular flexibility index (Phi) is 5.38. The van der Waals surface area contributed by atoms with Crippen LogP contribution in [0, 0.1) is 0 Å². The molecular weight excluding hydrogens is 428 g/mol. The Balaban J connectivity index is 1.43. The minimum atomic E-state index is 0.510. The largest absolute Gasteiger partial charge is 0.480 e. The van der Waals surface area contributed by atoms with E-state index in [1.54, 1.807) is 19.5 Å². The van der Waals surface area contributed by atoms with E-state index in [-0.39, 0.29) is 0 Å². The number of piperazine rings is 1. The summed E-state index contributed by atoms with van der Waals surface area (Å²) < 4.78 is 5.36. The second-order valence-electron chi connectivity index (χ2n) is 8.62. The number of pyridine rings is 3. The molecule has 1 saturated carbocycles. The Morgan fingerprint density at radius 2 is 1.94 bits per heavy atom. The molecule has 0 aromatic carbocycles. The summed E-state index contributed by atoms with van der Waals surface area (Å²) in [6.07, 6.45) is 9.74. The van der Waals surface area contributed by atoms with Gasteiger partial charge in [-0.3, -0.25) is 4.98 Å². The van der Waals surface area contributed by atoms with Crippen LogP contribution in [0.5, 0.6) is 5.88 Å². The first-order chi connectivity index (χ1) is 16.8. The summed E-state index contributed by atoms with van der Waals surface area (Å²) in [5, 5.41) is 7.88. The average Bonchev–Trinajstić information content (AvgIpc) is 3.74. The van der Waals surface area contributed by atoms with Crippen molar-refractivity contribution in [3.05, 3.63) is 54.6 Å². The Morgan fingerprint density at radius 1 is 1.06 bits per heavy atom. The third-order valence-electron chi connectivity index (χ3n) is 6.30. The molecule has 2 aliphatic rings. The van der Waals surface area contributed by atoms with Crippen LogP contribution in [0.4, 0.5) is 17.3 Å². The molecule has 2 N–H and O–H groups in total. The van der Waals surface area contributed by atoms with Crippen molar-refractivity contribution in [1.29, 1.82) is 0 Å². The predicted octanol–water partition coefficient (Wildman–Crippen LogP) is 3.52. The molecule has 4 aromatic rings. The third kappa shape index (κ3) is 3.99. The molecule has 5 heterocycles. The van der Waals surface area contributed by atoms with Crippen molar-refractivity contribution in [2.24, 2.45) is 0 Å². The van der Waals surface area contributed by atoms with Crippen molar-refractivity contribution in [2.75, 3.05) is 43.5 Å². The topological polar surface area (TPSA) is 101 Å². The summed E-state index contributed by atoms with van der Waals surface area (Å²) in [4.78, 5) is 25.7. The first-order valence-electron chi connectivity index (χ1n) is 11.6. The van der Waals surface area contributed by atoms with Crippen molar-refractivity contribution >= 4 is 28.2 Å². The number of nitrogens with zero attached hydrogens (tertiary/aromatic N) is 6. The van der Waals surface area contributed by atoms with E-state index in [4.69, 9.17) is 14.7 Å². The lowest BCUT2D eigenvalue weighted by molar-refractivity contribution is 0.400. The summed E-state index contributed by atoms with van der Waals surface area (Å²) in [5.74, 6) is 3.42. The molecule has 1 aliphatic carbocycles. The van der Waals surface area contributed by atoms with Crippen LogP contribution in [-0.2, 0) is 0 Å². The van der Waals surface area contributed by atoms with Crippen LogP contribution in [0.2, 0.25) is 0 Å². The molecule has 0 radical (unpaired) electrons. The molecule has 9 nitrogen and oxygen atoms in total. The Bertz CT molecular complexity index is 1330. The van der Waals surface area contributed by atoms with E-state index < -0.39 is 0 Å². The first kappa shape index (κ1) is 20.7. The van der Waals surface area contributed by atoms with Crippen molar-refractivity contribution in [2.45, 2.75) is 18.8 Å². The maximum Gasteiger partial charge on any atom is 0.237 e. The van der Waals surface area contributed by atoms with Gasteiger partial charge in [0.05, 0.1) is 18.8 Å². The smallest absolute Gasteiger partial charge is 0.237 e. The van der Waals surface area contributed by atoms with Crippen molar-refractivity contribution in [3.63, 3.8) is 0 Å². The van der Waals surface area contributed by atoms with Gasteiger partial charge < -0.3 is 20.3 Å². The minimum absolute atomic E-state index is 0.510. The Hall–Kier alpha value is -3.85. The third-order valence-corrected chi connectivity index (χ3v) is 6.30. The number of hydrogen-bond donors (Lipinski definition) is 2. The van der Waals surface area contributed by atoms with Crippen molar-refractivity contribution in [1.82, 2.24) is 30.2 Å². The number of anilines is 3. The van der Waals surface area contributed by atoms with E-state index in [1.807, 2.05) is 36.7 Å². The van der Waals surface area contributed by atoms with E-state index in [0.29, 0.717) is 23.4 Å². The number of fused-ring (bicyclic) bond motifs is 1. The number of methoxy groups -OCH3 is 1. The summed E-state index contributed by atoms with van der Waals surface area (Å²) in [7, 11) is 1.60. The maximum atomic E-state index is 5.36. The molecule has 172 valence electrons. The zero-order chi connectivity index (χ0) is 22.9. The zero-order valence-electron chi connectivity index (χ0n) is 19.0. The lowest BCUT2D eigenvalue weighted by Gasteiger charge is -2.30. The van der Waals surface area contributed by atoms with Gasteiger partial charge in [-0.2, -0.15) is 0 Å². The van der Waals surface area contributed by atoms with Crippen LogP contribution in [0.3, 0.4) is 0 Å². The molecule has 0 atom stereocenters. The molecule has 0 amide bonds. The fourth-order valence-electron chi connectivity index (χ4n) is 4.45. The molecular formula is C25H26N8O. The molecule has 4 aromatic heterocycles. The highest BCUT2D eigenvalue weighted by atomic mass is 16.5. The minimum Gasteiger partial charge on any atom is -0.480 e. The van der Waals surface area contributed by atoms with Crippen molar-refractivity contribution < 1.29 is 4.74 Å². The molecule has 6 rings (SSSR count). The van der Waals surface area contributed by atoms with Gasteiger partial charge in [0, 0.05) is 55.7 Å². The lowest BCUT2D eigenvalue weighted by Crippen LogP contribution is -2.44. The normalized spacial score (nSPS) is 16.0. The zero-order valence-corrected chi connectivity index (χ0v) is 19.0. The molecule has 34 heavy (non-hydrogen) atoms. The van der Waals surface area contributed by atoms with Crippen LogP contribution in [0.25, 0.3) is 22.3 Å². The number of hydrogen-bond acceptors (Lipinski definition) is 9. The number of aromatic nitrogens is 5. The highest BCUT2D eigenvalue weighted by Gasteiger charge is 2.29. The highest BCUT2D eigenvalue weighted by molar-refractivity contribution is 5.94. The summed E-state index contributed by atoms with van der Waals surface area (Å²) in [6.45, 7) is 3.73. The number of ether oxygens (including phenoxy) is 1. The number of rotatable bonds is 6. The first-order valence-corrected chi connectivity index (χ1v) is 11.6. The van der Waals surface area contributed by atoms with Crippen LogP contribution in [0.15, 0.2) is 49.1 Å². The van der Waals surface area contributed by atoms with Gasteiger partial charge in [0.1, 0.15) is 17.3 Å². The summed E-state index contributed by atoms with van der Waals surface area (Å²) >= 11 is 0. The van der Waals surface area contributed by atoms with Gasteiger partial charge in [-0.1, -0.05) is 0 Å². The molecule has 1 aliphatic heterocycles. The van der Waals surface area contributed by atoms with Gasteiger partial charge in [-0.15, -0.1) is 0 Å². The van der Waals surface area contributed by atoms with E-state index in [0.717, 1.165) is 54.2 Å². The van der Waals surface area contributed by atoms with Crippen LogP contribution in [-0.4, -0.2) is 58.2 Å². The monoisotopic (exact) mass is 454 g/mol. The molecule has 0 unspecified atom stereocenters. The van der Waals surface area contributed by atoms with Crippen molar-refractivity contribution in [3.8, 4) is 17.3 Å². The van der Waals surface area contributed by atoms with Gasteiger partial charge in [-0.25, -0.2) is 19.9 Å². The fourth-order valence-corrected chi connectivity index (χ4v) is 4.45. The Labute approximate surface area is 197 Å². The van der Waals surface area contributed by atoms with Gasteiger partial charge in [0.25, 0.3) is 0 Å². The van der Waals surface area contributed by atoms with E-state index >= 15 is 0 Å². The van der Waals surface area contributed by atoms with E-state index in [2.05, 4.69) is 30.5 Å². The molecule has 0 bridgehead atoms. The Morgan fingerprint density at radius 3 is 2.76 bits per heavy atom. The molecule has 9 heteroatoms. The highest BCUT2D eigenvalue weighted by Crippen LogP contribution is 2.44. The van der Waals surface area contributed by atoms with Crippen LogP contribution < -0.4 is 20.3 Å². The lowest BCUT2D eigenvalue weighted by atomic mass is 10.1. The average molecular weight is 455 g/mol. The maximum absolute atomic E-state index is 5.36. The summed E-state index contributed by atoms with van der Waals surface area (Å²) in [6, 6.07) is 7.64. The SMILES string of the molecule is COc1ncccc1Nc1cc(-c2nc(N3CCNCC3)c3c(C4CC4)cncc3n2)ccn1. The van der Waals surface area contributed by atoms with Gasteiger partial charge in [-0.05, 0) is 48.6 Å². The molecule has 2 fully saturated rings. The number of nitrogens with one attached hydrogen (secondary N) is 2. The van der Waals surface area contributed by atoms with Gasteiger partial charge >= 0.3 is 0 Å². The van der Waals surface area contributed by atoms with E-state index in [9.17, 15) is 0 Å². The quantitative estimate of drug-likeness (QED) is 0.453. The van der Waals surface area contributed by atoms with Crippen LogP contribution in [0.1, 0.15) is 24.3 Å². The second-order valence-corrected chi connectivity index (χ2v) is 8.62. The van der Waals surface area contributed by atoms with Gasteiger partial charge in [0.15, 0.2) is 5.82 Å². The summed E-state index contributed by atoms with van der Waals surface area (Å²) in [5.41, 5.74) is 3.80. The fraction of sp³-hybridized carbons (Fsp3) is 0.320. The standard InChI is InChI=1S/C25H26N8O/c1-34-25-19(3-2-7-29-25)30-21-13-17(6-8-28-21)23-31-20-15-27-14-18(16-4-5-16)22(20)24(32-23)33-11-9-26-10-12-33/h2-3,6-8,13-16,26H,4-5,9-12H2,1H3,(H,28,30). The van der Waals surface area contributed by atoms with Gasteiger partial charge in [0.2, 0.25) is 5.88 Å². The predicted molar refractivity (Wildman–Crippen MR) is 132 cm³/mol.